The van der Waals surface area contributed by atoms with E-state index in [2.05, 4.69) is 4.90 Å². The molecule has 3 aliphatic heterocycles. The number of morpholine rings is 1. The Hall–Kier alpha value is -2.12. The predicted molar refractivity (Wildman–Crippen MR) is 102 cm³/mol. The number of nitrogens with zero attached hydrogens (tertiary/aromatic N) is 2. The van der Waals surface area contributed by atoms with Crippen molar-refractivity contribution < 1.29 is 23.8 Å². The molecule has 3 heterocycles. The zero-order valence-electron chi connectivity index (χ0n) is 17.0. The van der Waals surface area contributed by atoms with E-state index in [9.17, 15) is 9.59 Å². The molecule has 4 rings (SSSR count). The fourth-order valence-electron chi connectivity index (χ4n) is 4.18. The molecule has 28 heavy (non-hydrogen) atoms. The first-order valence-electron chi connectivity index (χ1n) is 9.86. The Labute approximate surface area is 165 Å². The summed E-state index contributed by atoms with van der Waals surface area (Å²) in [4.78, 5) is 28.3. The largest absolute Gasteiger partial charge is 0.457 e. The average molecular weight is 388 g/mol. The van der Waals surface area contributed by atoms with Crippen molar-refractivity contribution in [3.05, 3.63) is 34.4 Å². The van der Waals surface area contributed by atoms with Gasteiger partial charge < -0.3 is 19.1 Å². The summed E-state index contributed by atoms with van der Waals surface area (Å²) >= 11 is 0. The first-order valence-corrected chi connectivity index (χ1v) is 9.86. The molecule has 1 aromatic rings. The number of esters is 1. The van der Waals surface area contributed by atoms with E-state index in [4.69, 9.17) is 14.2 Å². The quantitative estimate of drug-likeness (QED) is 0.689. The van der Waals surface area contributed by atoms with E-state index >= 15 is 0 Å². The summed E-state index contributed by atoms with van der Waals surface area (Å²) in [5.74, 6) is -0.243. The van der Waals surface area contributed by atoms with Crippen LogP contribution in [0.15, 0.2) is 12.1 Å². The number of carbonyl (C=O) groups excluding carboxylic acids is 2. The molecule has 0 bridgehead atoms. The van der Waals surface area contributed by atoms with Gasteiger partial charge in [-0.3, -0.25) is 4.90 Å². The monoisotopic (exact) mass is 388 g/mol. The van der Waals surface area contributed by atoms with Crippen LogP contribution in [0.1, 0.15) is 53.9 Å². The lowest BCUT2D eigenvalue weighted by Crippen LogP contribution is -2.60. The molecule has 0 spiro atoms. The highest BCUT2D eigenvalue weighted by Gasteiger charge is 2.37. The van der Waals surface area contributed by atoms with E-state index in [-0.39, 0.29) is 24.2 Å². The van der Waals surface area contributed by atoms with Crippen molar-refractivity contribution in [1.82, 2.24) is 9.80 Å². The Balaban J connectivity index is 1.42. The van der Waals surface area contributed by atoms with Gasteiger partial charge in [0.25, 0.3) is 0 Å². The van der Waals surface area contributed by atoms with Gasteiger partial charge >= 0.3 is 12.1 Å². The van der Waals surface area contributed by atoms with Crippen LogP contribution in [0.2, 0.25) is 0 Å². The highest BCUT2D eigenvalue weighted by Crippen LogP contribution is 2.33. The van der Waals surface area contributed by atoms with Crippen LogP contribution in [0.5, 0.6) is 0 Å². The minimum absolute atomic E-state index is 0.0367. The molecule has 3 aliphatic rings. The molecule has 1 aromatic carbocycles. The molecule has 7 heteroatoms. The number of ether oxygens (including phenoxy) is 3. The predicted octanol–water partition coefficient (Wildman–Crippen LogP) is 2.66. The number of rotatable bonds is 1. The maximum absolute atomic E-state index is 12.4. The van der Waals surface area contributed by atoms with Gasteiger partial charge in [0.1, 0.15) is 12.2 Å². The minimum atomic E-state index is -0.488. The zero-order chi connectivity index (χ0) is 20.1. The van der Waals surface area contributed by atoms with Crippen molar-refractivity contribution in [3.63, 3.8) is 0 Å². The molecular formula is C21H28N2O5. The van der Waals surface area contributed by atoms with Crippen LogP contribution in [-0.4, -0.2) is 66.3 Å². The topological polar surface area (TPSA) is 68.3 Å². The molecular weight excluding hydrogens is 360 g/mol. The van der Waals surface area contributed by atoms with Gasteiger partial charge in [0.2, 0.25) is 0 Å². The number of cyclic esters (lactones) is 1. The number of hydrogen-bond acceptors (Lipinski definition) is 6. The summed E-state index contributed by atoms with van der Waals surface area (Å²) in [6, 6.07) is 4.02. The normalized spacial score (nSPS) is 25.1. The van der Waals surface area contributed by atoms with Crippen molar-refractivity contribution >= 4 is 12.1 Å². The average Bonchev–Trinajstić information content (AvgIpc) is 3.02. The van der Waals surface area contributed by atoms with Crippen LogP contribution in [0.25, 0.3) is 0 Å². The second-order valence-electron chi connectivity index (χ2n) is 8.78. The SMILES string of the molecule is Cc1c([C@@H]2CN3CCN(C(=O)OC(C)(C)C)C[C@H]3CO2)ccc2c1COC2=O. The Morgan fingerprint density at radius 1 is 1.21 bits per heavy atom. The first-order chi connectivity index (χ1) is 13.2. The molecule has 152 valence electrons. The number of benzene rings is 1. The summed E-state index contributed by atoms with van der Waals surface area (Å²) in [5, 5.41) is 0. The number of hydrogen-bond donors (Lipinski definition) is 0. The van der Waals surface area contributed by atoms with Gasteiger partial charge in [-0.1, -0.05) is 6.07 Å². The lowest BCUT2D eigenvalue weighted by molar-refractivity contribution is -0.0908. The van der Waals surface area contributed by atoms with E-state index in [1.54, 1.807) is 4.90 Å². The molecule has 2 fully saturated rings. The van der Waals surface area contributed by atoms with Gasteiger partial charge in [-0.25, -0.2) is 9.59 Å². The third-order valence-electron chi connectivity index (χ3n) is 5.70. The summed E-state index contributed by atoms with van der Waals surface area (Å²) in [6.45, 7) is 11.4. The van der Waals surface area contributed by atoms with Crippen LogP contribution in [-0.2, 0) is 20.8 Å². The number of amides is 1. The van der Waals surface area contributed by atoms with E-state index in [0.29, 0.717) is 31.9 Å². The fraction of sp³-hybridized carbons (Fsp3) is 0.619. The van der Waals surface area contributed by atoms with Crippen molar-refractivity contribution in [3.8, 4) is 0 Å². The number of carbonyl (C=O) groups is 2. The summed E-state index contributed by atoms with van der Waals surface area (Å²) in [7, 11) is 0. The Bertz CT molecular complexity index is 801. The lowest BCUT2D eigenvalue weighted by atomic mass is 9.94. The Morgan fingerprint density at radius 2 is 2.00 bits per heavy atom. The van der Waals surface area contributed by atoms with E-state index in [1.807, 2.05) is 39.8 Å². The molecule has 2 saturated heterocycles. The summed E-state index contributed by atoms with van der Waals surface area (Å²) < 4.78 is 16.8. The standard InChI is InChI=1S/C21H28N2O5/c1-13-15(5-6-16-17(13)12-27-19(16)24)18-10-22-7-8-23(9-14(22)11-26-18)20(25)28-21(2,3)4/h5-6,14,18H,7-12H2,1-4H3/t14-,18-/m0/s1. The molecule has 0 N–H and O–H groups in total. The molecule has 0 unspecified atom stereocenters. The number of piperazine rings is 1. The Morgan fingerprint density at radius 3 is 2.75 bits per heavy atom. The van der Waals surface area contributed by atoms with Crippen molar-refractivity contribution in [2.75, 3.05) is 32.8 Å². The molecule has 0 saturated carbocycles. The highest BCUT2D eigenvalue weighted by atomic mass is 16.6. The van der Waals surface area contributed by atoms with Gasteiger partial charge in [-0.15, -0.1) is 0 Å². The first kappa shape index (κ1) is 19.2. The van der Waals surface area contributed by atoms with Crippen LogP contribution in [0.3, 0.4) is 0 Å². The van der Waals surface area contributed by atoms with Crippen molar-refractivity contribution in [1.29, 1.82) is 0 Å². The molecule has 7 nitrogen and oxygen atoms in total. The molecule has 2 atom stereocenters. The van der Waals surface area contributed by atoms with Crippen LogP contribution < -0.4 is 0 Å². The van der Waals surface area contributed by atoms with Crippen LogP contribution >= 0.6 is 0 Å². The summed E-state index contributed by atoms with van der Waals surface area (Å²) in [6.07, 6.45) is -0.293. The lowest BCUT2D eigenvalue weighted by Gasteiger charge is -2.46. The van der Waals surface area contributed by atoms with Gasteiger partial charge in [0, 0.05) is 31.7 Å². The van der Waals surface area contributed by atoms with Crippen LogP contribution in [0.4, 0.5) is 4.79 Å². The zero-order valence-corrected chi connectivity index (χ0v) is 17.0. The van der Waals surface area contributed by atoms with E-state index in [0.717, 1.165) is 29.8 Å². The minimum Gasteiger partial charge on any atom is -0.457 e. The Kier molecular flexibility index (Phi) is 4.83. The smallest absolute Gasteiger partial charge is 0.410 e. The molecule has 0 radical (unpaired) electrons. The van der Waals surface area contributed by atoms with E-state index < -0.39 is 5.60 Å². The number of fused-ring (bicyclic) bond motifs is 2. The molecule has 0 aliphatic carbocycles. The second-order valence-corrected chi connectivity index (χ2v) is 8.78. The van der Waals surface area contributed by atoms with Gasteiger partial charge in [-0.2, -0.15) is 0 Å². The van der Waals surface area contributed by atoms with E-state index in [1.165, 1.54) is 0 Å². The van der Waals surface area contributed by atoms with Gasteiger partial charge in [0.15, 0.2) is 0 Å². The second kappa shape index (κ2) is 7.04. The van der Waals surface area contributed by atoms with Crippen molar-refractivity contribution in [2.45, 2.75) is 52.0 Å². The summed E-state index contributed by atoms with van der Waals surface area (Å²) in [5.41, 5.74) is 3.35. The van der Waals surface area contributed by atoms with Gasteiger partial charge in [-0.05, 0) is 44.9 Å². The molecule has 1 amide bonds. The third kappa shape index (κ3) is 3.61. The maximum atomic E-state index is 12.4. The van der Waals surface area contributed by atoms with Gasteiger partial charge in [0.05, 0.1) is 24.3 Å². The van der Waals surface area contributed by atoms with Crippen molar-refractivity contribution in [2.24, 2.45) is 0 Å². The fourth-order valence-corrected chi connectivity index (χ4v) is 4.18. The third-order valence-corrected chi connectivity index (χ3v) is 5.70. The van der Waals surface area contributed by atoms with Crippen LogP contribution in [0, 0.1) is 6.92 Å². The molecule has 0 aromatic heterocycles. The highest BCUT2D eigenvalue weighted by molar-refractivity contribution is 5.93. The maximum Gasteiger partial charge on any atom is 0.410 e.